The van der Waals surface area contributed by atoms with Gasteiger partial charge in [0.25, 0.3) is 10.0 Å². The Labute approximate surface area is 169 Å². The second-order valence-corrected chi connectivity index (χ2v) is 9.05. The third kappa shape index (κ3) is 4.17. The van der Waals surface area contributed by atoms with Gasteiger partial charge in [0.2, 0.25) is 5.91 Å². The molecule has 0 saturated carbocycles. The summed E-state index contributed by atoms with van der Waals surface area (Å²) in [6.07, 6.45) is 1.77. The molecule has 2 aromatic carbocycles. The quantitative estimate of drug-likeness (QED) is 0.609. The Morgan fingerprint density at radius 1 is 1.00 bits per heavy atom. The maximum absolute atomic E-state index is 12.8. The average molecular weight is 410 g/mol. The second kappa shape index (κ2) is 7.36. The van der Waals surface area contributed by atoms with Crippen LogP contribution in [0, 0.1) is 13.8 Å². The molecule has 3 N–H and O–H groups in total. The van der Waals surface area contributed by atoms with Crippen molar-refractivity contribution < 1.29 is 13.2 Å². The van der Waals surface area contributed by atoms with Crippen molar-refractivity contribution in [3.8, 4) is 11.3 Å². The largest absolute Gasteiger partial charge is 0.326 e. The molecule has 7 nitrogen and oxygen atoms in total. The number of anilines is 2. The smallest absolute Gasteiger partial charge is 0.263 e. The summed E-state index contributed by atoms with van der Waals surface area (Å²) in [7, 11) is -3.80. The number of aromatic nitrogens is 2. The normalized spacial score (nSPS) is 14.1. The summed E-state index contributed by atoms with van der Waals surface area (Å²) in [5.41, 5.74) is 5.41. The topological polar surface area (TPSA) is 104 Å². The van der Waals surface area contributed by atoms with Gasteiger partial charge in [-0.1, -0.05) is 17.2 Å². The average Bonchev–Trinajstić information content (AvgIpc) is 3.01. The molecule has 0 aliphatic carbocycles. The summed E-state index contributed by atoms with van der Waals surface area (Å²) < 4.78 is 28.2. The Kier molecular flexibility index (Phi) is 4.87. The fourth-order valence-electron chi connectivity index (χ4n) is 3.57. The highest BCUT2D eigenvalue weighted by atomic mass is 32.2. The molecular weight excluding hydrogens is 388 g/mol. The van der Waals surface area contributed by atoms with Gasteiger partial charge in [-0.2, -0.15) is 5.10 Å². The van der Waals surface area contributed by atoms with E-state index < -0.39 is 10.0 Å². The molecule has 0 spiro atoms. The van der Waals surface area contributed by atoms with Gasteiger partial charge in [-0.3, -0.25) is 14.6 Å². The van der Waals surface area contributed by atoms with Gasteiger partial charge < -0.3 is 5.32 Å². The number of carbonyl (C=O) groups is 1. The molecule has 8 heteroatoms. The number of carbonyl (C=O) groups excluding carboxylic acids is 1. The van der Waals surface area contributed by atoms with Crippen LogP contribution in [-0.4, -0.2) is 24.5 Å². The predicted molar refractivity (Wildman–Crippen MR) is 112 cm³/mol. The minimum Gasteiger partial charge on any atom is -0.326 e. The number of aromatic amines is 1. The number of fused-ring (bicyclic) bond motifs is 1. The Morgan fingerprint density at radius 3 is 2.52 bits per heavy atom. The minimum atomic E-state index is -3.80. The molecule has 3 aromatic rings. The third-order valence-corrected chi connectivity index (χ3v) is 6.21. The molecule has 0 atom stereocenters. The molecule has 2 heterocycles. The standard InChI is InChI=1S/C21H22N4O3S/c1-13-8-14(2)10-16(9-13)19-12-20(24-23-19)25-29(27,28)17-6-7-18-15(11-17)4-3-5-21(26)22-18/h6-12H,3-5H2,1-2H3,(H,22,26)(H2,23,24,25). The van der Waals surface area contributed by atoms with Crippen LogP contribution in [0.2, 0.25) is 0 Å². The molecule has 0 bridgehead atoms. The first-order valence-corrected chi connectivity index (χ1v) is 10.9. The summed E-state index contributed by atoms with van der Waals surface area (Å²) in [6.45, 7) is 4.02. The first-order chi connectivity index (χ1) is 13.8. The van der Waals surface area contributed by atoms with E-state index in [1.165, 1.54) is 6.07 Å². The molecule has 29 heavy (non-hydrogen) atoms. The lowest BCUT2D eigenvalue weighted by Gasteiger charge is -2.10. The fourth-order valence-corrected chi connectivity index (χ4v) is 4.61. The van der Waals surface area contributed by atoms with Crippen LogP contribution in [0.15, 0.2) is 47.4 Å². The zero-order valence-corrected chi connectivity index (χ0v) is 17.1. The fraction of sp³-hybridized carbons (Fsp3) is 0.238. The number of H-pyrrole nitrogens is 1. The van der Waals surface area contributed by atoms with Crippen LogP contribution in [0.4, 0.5) is 11.5 Å². The number of amides is 1. The molecule has 0 fully saturated rings. The molecule has 1 aromatic heterocycles. The van der Waals surface area contributed by atoms with Crippen molar-refractivity contribution in [2.75, 3.05) is 10.0 Å². The number of benzene rings is 2. The van der Waals surface area contributed by atoms with Crippen LogP contribution < -0.4 is 10.0 Å². The van der Waals surface area contributed by atoms with Crippen LogP contribution in [0.25, 0.3) is 11.3 Å². The van der Waals surface area contributed by atoms with E-state index in [1.807, 2.05) is 26.0 Å². The van der Waals surface area contributed by atoms with Crippen molar-refractivity contribution in [2.24, 2.45) is 0 Å². The molecular formula is C21H22N4O3S. The van der Waals surface area contributed by atoms with Crippen molar-refractivity contribution in [1.29, 1.82) is 0 Å². The van der Waals surface area contributed by atoms with E-state index in [2.05, 4.69) is 26.3 Å². The molecule has 0 radical (unpaired) electrons. The molecule has 1 aliphatic rings. The van der Waals surface area contributed by atoms with Crippen LogP contribution in [0.5, 0.6) is 0 Å². The van der Waals surface area contributed by atoms with Gasteiger partial charge >= 0.3 is 0 Å². The van der Waals surface area contributed by atoms with Gasteiger partial charge in [0, 0.05) is 23.7 Å². The minimum absolute atomic E-state index is 0.0482. The number of hydrogen-bond donors (Lipinski definition) is 3. The molecule has 4 rings (SSSR count). The second-order valence-electron chi connectivity index (χ2n) is 7.37. The zero-order valence-electron chi connectivity index (χ0n) is 16.2. The van der Waals surface area contributed by atoms with Crippen molar-refractivity contribution in [1.82, 2.24) is 10.2 Å². The van der Waals surface area contributed by atoms with Gasteiger partial charge in [-0.15, -0.1) is 0 Å². The van der Waals surface area contributed by atoms with E-state index in [0.717, 1.165) is 27.9 Å². The monoisotopic (exact) mass is 410 g/mol. The van der Waals surface area contributed by atoms with Gasteiger partial charge in [-0.05, 0) is 62.6 Å². The summed E-state index contributed by atoms with van der Waals surface area (Å²) >= 11 is 0. The zero-order chi connectivity index (χ0) is 20.6. The van der Waals surface area contributed by atoms with Crippen molar-refractivity contribution >= 4 is 27.4 Å². The molecule has 0 unspecified atom stereocenters. The molecule has 1 aliphatic heterocycles. The molecule has 150 valence electrons. The number of nitrogens with zero attached hydrogens (tertiary/aromatic N) is 1. The van der Waals surface area contributed by atoms with E-state index >= 15 is 0 Å². The first-order valence-electron chi connectivity index (χ1n) is 9.40. The van der Waals surface area contributed by atoms with Crippen LogP contribution in [-0.2, 0) is 21.2 Å². The Balaban J connectivity index is 1.59. The van der Waals surface area contributed by atoms with Gasteiger partial charge in [-0.25, -0.2) is 8.42 Å². The first kappa shape index (κ1) is 19.2. The van der Waals surface area contributed by atoms with Crippen LogP contribution >= 0.6 is 0 Å². The summed E-state index contributed by atoms with van der Waals surface area (Å²) in [4.78, 5) is 11.8. The van der Waals surface area contributed by atoms with Gasteiger partial charge in [0.05, 0.1) is 10.6 Å². The van der Waals surface area contributed by atoms with E-state index in [-0.39, 0.29) is 16.6 Å². The number of hydrogen-bond acceptors (Lipinski definition) is 4. The maximum Gasteiger partial charge on any atom is 0.263 e. The Morgan fingerprint density at radius 2 is 1.76 bits per heavy atom. The van der Waals surface area contributed by atoms with E-state index in [1.54, 1.807) is 18.2 Å². The SMILES string of the molecule is Cc1cc(C)cc(-c2cc(NS(=O)(=O)c3ccc4c(c3)CCCC(=O)N4)n[nH]2)c1. The van der Waals surface area contributed by atoms with Crippen molar-refractivity contribution in [3.05, 3.63) is 59.2 Å². The summed E-state index contributed by atoms with van der Waals surface area (Å²) in [6, 6.07) is 12.5. The van der Waals surface area contributed by atoms with Crippen LogP contribution in [0.3, 0.4) is 0 Å². The maximum atomic E-state index is 12.8. The van der Waals surface area contributed by atoms with Crippen molar-refractivity contribution in [2.45, 2.75) is 38.0 Å². The third-order valence-electron chi connectivity index (χ3n) is 4.86. The van der Waals surface area contributed by atoms with Crippen LogP contribution in [0.1, 0.15) is 29.5 Å². The van der Waals surface area contributed by atoms with Gasteiger partial charge in [0.1, 0.15) is 0 Å². The lowest BCUT2D eigenvalue weighted by atomic mass is 10.1. The van der Waals surface area contributed by atoms with E-state index in [0.29, 0.717) is 24.9 Å². The number of aryl methyl sites for hydroxylation is 3. The summed E-state index contributed by atoms with van der Waals surface area (Å²) in [5, 5.41) is 9.80. The lowest BCUT2D eigenvalue weighted by Crippen LogP contribution is -2.14. The molecule has 1 amide bonds. The highest BCUT2D eigenvalue weighted by Gasteiger charge is 2.20. The predicted octanol–water partition coefficient (Wildman–Crippen LogP) is 3.77. The lowest BCUT2D eigenvalue weighted by molar-refractivity contribution is -0.116. The number of rotatable bonds is 4. The Bertz CT molecular complexity index is 1180. The highest BCUT2D eigenvalue weighted by Crippen LogP contribution is 2.27. The van der Waals surface area contributed by atoms with E-state index in [9.17, 15) is 13.2 Å². The van der Waals surface area contributed by atoms with Crippen molar-refractivity contribution in [3.63, 3.8) is 0 Å². The highest BCUT2D eigenvalue weighted by molar-refractivity contribution is 7.92. The summed E-state index contributed by atoms with van der Waals surface area (Å²) in [5.74, 6) is 0.176. The number of nitrogens with one attached hydrogen (secondary N) is 3. The Hall–Kier alpha value is -3.13. The molecule has 0 saturated heterocycles. The van der Waals surface area contributed by atoms with E-state index in [4.69, 9.17) is 0 Å². The van der Waals surface area contributed by atoms with Gasteiger partial charge in [0.15, 0.2) is 5.82 Å². The number of sulfonamides is 1.